The number of amides is 1. The Kier molecular flexibility index (Phi) is 5.21. The van der Waals surface area contributed by atoms with Crippen molar-refractivity contribution in [2.24, 2.45) is 0 Å². The Morgan fingerprint density at radius 3 is 3.04 bits per heavy atom. The molecule has 1 aliphatic heterocycles. The molecule has 0 unspecified atom stereocenters. The Bertz CT molecular complexity index is 694. The molecule has 0 aliphatic carbocycles. The minimum atomic E-state index is -0.431. The van der Waals surface area contributed by atoms with Crippen molar-refractivity contribution in [3.8, 4) is 10.7 Å². The molecule has 1 N–H and O–H groups in total. The van der Waals surface area contributed by atoms with Crippen LogP contribution >= 0.6 is 11.3 Å². The van der Waals surface area contributed by atoms with Gasteiger partial charge >= 0.3 is 5.97 Å². The fourth-order valence-electron chi connectivity index (χ4n) is 2.40. The quantitative estimate of drug-likeness (QED) is 0.740. The Hall–Kier alpha value is -2.26. The van der Waals surface area contributed by atoms with E-state index < -0.39 is 5.97 Å². The van der Waals surface area contributed by atoms with E-state index in [1.807, 2.05) is 22.4 Å². The number of thiophene rings is 1. The van der Waals surface area contributed by atoms with Crippen LogP contribution in [0.1, 0.15) is 18.7 Å². The van der Waals surface area contributed by atoms with Crippen LogP contribution in [0.2, 0.25) is 0 Å². The van der Waals surface area contributed by atoms with Gasteiger partial charge in [0, 0.05) is 13.1 Å². The number of ether oxygens (including phenoxy) is 1. The number of esters is 1. The van der Waals surface area contributed by atoms with Crippen LogP contribution in [0.25, 0.3) is 10.7 Å². The first-order valence-electron chi connectivity index (χ1n) is 7.68. The summed E-state index contributed by atoms with van der Waals surface area (Å²) in [4.78, 5) is 30.3. The van der Waals surface area contributed by atoms with E-state index in [4.69, 9.17) is 9.26 Å². The summed E-state index contributed by atoms with van der Waals surface area (Å²) in [5.74, 6) is 0.710. The average Bonchev–Trinajstić information content (AvgIpc) is 3.19. The molecule has 0 aromatic carbocycles. The molecule has 3 rings (SSSR count). The largest absolute Gasteiger partial charge is 0.465 e. The molecule has 0 atom stereocenters. The minimum Gasteiger partial charge on any atom is -0.465 e. The van der Waals surface area contributed by atoms with Crippen LogP contribution in [0.15, 0.2) is 22.0 Å². The maximum absolute atomic E-state index is 11.7. The van der Waals surface area contributed by atoms with E-state index in [0.717, 1.165) is 4.88 Å². The second-order valence-corrected chi connectivity index (χ2v) is 6.35. The molecule has 0 saturated carbocycles. The van der Waals surface area contributed by atoms with Gasteiger partial charge in [-0.2, -0.15) is 4.98 Å². The van der Waals surface area contributed by atoms with Gasteiger partial charge in [-0.25, -0.2) is 0 Å². The number of nitrogens with zero attached hydrogens (tertiary/aromatic N) is 3. The van der Waals surface area contributed by atoms with Crippen molar-refractivity contribution >= 4 is 23.2 Å². The van der Waals surface area contributed by atoms with Gasteiger partial charge in [0.1, 0.15) is 6.54 Å². The van der Waals surface area contributed by atoms with Gasteiger partial charge in [-0.3, -0.25) is 14.5 Å². The highest BCUT2D eigenvalue weighted by Crippen LogP contribution is 2.28. The van der Waals surface area contributed by atoms with Gasteiger partial charge in [0.15, 0.2) is 0 Å². The molecule has 128 valence electrons. The lowest BCUT2D eigenvalue weighted by atomic mass is 10.0. The van der Waals surface area contributed by atoms with Crippen molar-refractivity contribution in [1.29, 1.82) is 0 Å². The predicted octanol–water partition coefficient (Wildman–Crippen LogP) is 0.877. The summed E-state index contributed by atoms with van der Waals surface area (Å²) in [5.41, 5.74) is 0. The summed E-state index contributed by atoms with van der Waals surface area (Å²) in [7, 11) is 0. The molecule has 0 spiro atoms. The van der Waals surface area contributed by atoms with Crippen molar-refractivity contribution in [3.05, 3.63) is 23.4 Å². The number of nitrogens with one attached hydrogen (secondary N) is 1. The predicted molar refractivity (Wildman–Crippen MR) is 86.4 cm³/mol. The summed E-state index contributed by atoms with van der Waals surface area (Å²) in [6.07, 6.45) is 0. The first kappa shape index (κ1) is 16.6. The van der Waals surface area contributed by atoms with Crippen molar-refractivity contribution in [3.63, 3.8) is 0 Å². The molecular weight excluding hydrogens is 332 g/mol. The van der Waals surface area contributed by atoms with Gasteiger partial charge in [0.25, 0.3) is 0 Å². The lowest BCUT2D eigenvalue weighted by molar-refractivity contribution is -0.143. The molecule has 8 nitrogen and oxygen atoms in total. The average molecular weight is 350 g/mol. The number of aromatic nitrogens is 2. The van der Waals surface area contributed by atoms with Crippen LogP contribution in [0.3, 0.4) is 0 Å². The highest BCUT2D eigenvalue weighted by molar-refractivity contribution is 7.13. The van der Waals surface area contributed by atoms with Crippen LogP contribution in [-0.4, -0.2) is 59.7 Å². The number of carbonyl (C=O) groups excluding carboxylic acids is 2. The number of rotatable bonds is 7. The normalized spacial score (nSPS) is 15.0. The smallest absolute Gasteiger partial charge is 0.325 e. The molecule has 9 heteroatoms. The molecule has 0 radical (unpaired) electrons. The Morgan fingerprint density at radius 1 is 1.50 bits per heavy atom. The molecule has 1 amide bonds. The van der Waals surface area contributed by atoms with E-state index in [2.05, 4.69) is 15.5 Å². The Morgan fingerprint density at radius 2 is 2.33 bits per heavy atom. The van der Waals surface area contributed by atoms with Crippen LogP contribution in [0.4, 0.5) is 0 Å². The standard InChI is InChI=1S/C15H18N4O4S/c1-2-22-13(21)6-16-12(20)9-19-7-10(8-19)15-17-14(18-23-15)11-4-3-5-24-11/h3-5,10H,2,6-9H2,1H3,(H,16,20). The zero-order valence-corrected chi connectivity index (χ0v) is 14.0. The third kappa shape index (κ3) is 3.98. The van der Waals surface area contributed by atoms with E-state index in [9.17, 15) is 9.59 Å². The van der Waals surface area contributed by atoms with Crippen LogP contribution in [0, 0.1) is 0 Å². The highest BCUT2D eigenvalue weighted by atomic mass is 32.1. The molecule has 3 heterocycles. The summed E-state index contributed by atoms with van der Waals surface area (Å²) in [5, 5.41) is 8.49. The molecule has 1 saturated heterocycles. The van der Waals surface area contributed by atoms with Gasteiger partial charge in [0.2, 0.25) is 17.6 Å². The maximum Gasteiger partial charge on any atom is 0.325 e. The summed E-state index contributed by atoms with van der Waals surface area (Å²) in [6, 6.07) is 3.89. The van der Waals surface area contributed by atoms with Crippen molar-refractivity contribution in [2.45, 2.75) is 12.8 Å². The van der Waals surface area contributed by atoms with Crippen LogP contribution in [0.5, 0.6) is 0 Å². The molecular formula is C15H18N4O4S. The number of hydrogen-bond acceptors (Lipinski definition) is 8. The number of hydrogen-bond donors (Lipinski definition) is 1. The molecule has 0 bridgehead atoms. The maximum atomic E-state index is 11.7. The Labute approximate surface area is 142 Å². The highest BCUT2D eigenvalue weighted by Gasteiger charge is 2.33. The van der Waals surface area contributed by atoms with Crippen LogP contribution < -0.4 is 5.32 Å². The van der Waals surface area contributed by atoms with E-state index in [0.29, 0.717) is 31.4 Å². The Balaban J connectivity index is 1.41. The zero-order valence-electron chi connectivity index (χ0n) is 13.2. The fraction of sp³-hybridized carbons (Fsp3) is 0.467. The van der Waals surface area contributed by atoms with E-state index in [1.165, 1.54) is 0 Å². The molecule has 1 fully saturated rings. The number of carbonyl (C=O) groups is 2. The van der Waals surface area contributed by atoms with Gasteiger partial charge in [-0.15, -0.1) is 11.3 Å². The lowest BCUT2D eigenvalue weighted by Crippen LogP contribution is -2.50. The summed E-state index contributed by atoms with van der Waals surface area (Å²) in [6.45, 7) is 3.53. The minimum absolute atomic E-state index is 0.0994. The SMILES string of the molecule is CCOC(=O)CNC(=O)CN1CC(c2nc(-c3cccs3)no2)C1. The van der Waals surface area contributed by atoms with E-state index >= 15 is 0 Å². The second-order valence-electron chi connectivity index (χ2n) is 5.41. The topological polar surface area (TPSA) is 97.6 Å². The first-order chi connectivity index (χ1) is 11.7. The molecule has 1 aliphatic rings. The van der Waals surface area contributed by atoms with Crippen LogP contribution in [-0.2, 0) is 14.3 Å². The molecule has 2 aromatic heterocycles. The first-order valence-corrected chi connectivity index (χ1v) is 8.56. The fourth-order valence-corrected chi connectivity index (χ4v) is 3.05. The van der Waals surface area contributed by atoms with Crippen molar-refractivity contribution in [1.82, 2.24) is 20.4 Å². The van der Waals surface area contributed by atoms with Crippen molar-refractivity contribution in [2.75, 3.05) is 32.8 Å². The number of likely N-dealkylation sites (tertiary alicyclic amines) is 1. The van der Waals surface area contributed by atoms with E-state index in [1.54, 1.807) is 18.3 Å². The summed E-state index contributed by atoms with van der Waals surface area (Å²) >= 11 is 1.56. The lowest BCUT2D eigenvalue weighted by Gasteiger charge is -2.36. The van der Waals surface area contributed by atoms with Gasteiger partial charge in [-0.1, -0.05) is 11.2 Å². The zero-order chi connectivity index (χ0) is 16.9. The third-order valence-electron chi connectivity index (χ3n) is 3.59. The van der Waals surface area contributed by atoms with Gasteiger partial charge in [-0.05, 0) is 18.4 Å². The second kappa shape index (κ2) is 7.54. The van der Waals surface area contributed by atoms with Gasteiger partial charge in [0.05, 0.1) is 23.9 Å². The van der Waals surface area contributed by atoms with E-state index in [-0.39, 0.29) is 24.9 Å². The van der Waals surface area contributed by atoms with Gasteiger partial charge < -0.3 is 14.6 Å². The molecule has 24 heavy (non-hydrogen) atoms. The van der Waals surface area contributed by atoms with Crippen molar-refractivity contribution < 1.29 is 18.8 Å². The monoisotopic (exact) mass is 350 g/mol. The summed E-state index contributed by atoms with van der Waals surface area (Å²) < 4.78 is 10.1. The third-order valence-corrected chi connectivity index (χ3v) is 4.46. The molecule has 2 aromatic rings.